The zero-order valence-electron chi connectivity index (χ0n) is 23.0. The fraction of sp³-hybridized carbons (Fsp3) is 0.586. The number of hydrogen-bond acceptors (Lipinski definition) is 6. The lowest BCUT2D eigenvalue weighted by molar-refractivity contribution is -0.0752. The largest absolute Gasteiger partial charge is 0.411 e. The molecule has 0 saturated carbocycles. The van der Waals surface area contributed by atoms with Crippen LogP contribution in [0, 0.1) is 6.92 Å². The highest BCUT2D eigenvalue weighted by Gasteiger charge is 2.68. The highest BCUT2D eigenvalue weighted by atomic mass is 32.2. The summed E-state index contributed by atoms with van der Waals surface area (Å²) >= 11 is 0. The van der Waals surface area contributed by atoms with Gasteiger partial charge >= 0.3 is 0 Å². The molecule has 4 rings (SSSR count). The van der Waals surface area contributed by atoms with Crippen LogP contribution >= 0.6 is 0 Å². The standard InChI is InChI=1S/C29H42O6SSi/c1-22-14-16-24(17-15-22)36(30,31)29(27(34-29)21-32-20-23-11-8-7-9-12-23)19-26-25(13-10-18-33-26)35-37(5,6)28(2,3)4/h7-9,11-12,14-17,25-27H,10,13,18-21H2,1-6H3/t25-,26+,27+,29+/m0/s1. The SMILES string of the molecule is Cc1ccc(S(=O)(=O)[C@@]2(C[C@H]3OCCC[C@@H]3O[Si](C)(C)C(C)(C)C)O[C@@H]2COCc2ccccc2)cc1. The maximum absolute atomic E-state index is 14.0. The van der Waals surface area contributed by atoms with Crippen LogP contribution in [0.1, 0.15) is 51.2 Å². The summed E-state index contributed by atoms with van der Waals surface area (Å²) in [4.78, 5) is -1.13. The molecular weight excluding hydrogens is 504 g/mol. The van der Waals surface area contributed by atoms with Crippen molar-refractivity contribution in [1.82, 2.24) is 0 Å². The molecule has 2 saturated heterocycles. The highest BCUT2D eigenvalue weighted by molar-refractivity contribution is 7.93. The van der Waals surface area contributed by atoms with Crippen LogP contribution in [0.3, 0.4) is 0 Å². The number of aryl methyl sites for hydroxylation is 1. The fourth-order valence-electron chi connectivity index (χ4n) is 4.64. The predicted molar refractivity (Wildman–Crippen MR) is 148 cm³/mol. The van der Waals surface area contributed by atoms with Gasteiger partial charge in [-0.25, -0.2) is 8.42 Å². The van der Waals surface area contributed by atoms with Crippen molar-refractivity contribution in [3.05, 3.63) is 65.7 Å². The van der Waals surface area contributed by atoms with Crippen LogP contribution in [0.4, 0.5) is 0 Å². The molecule has 8 heteroatoms. The smallest absolute Gasteiger partial charge is 0.210 e. The lowest BCUT2D eigenvalue weighted by atomic mass is 10.0. The van der Waals surface area contributed by atoms with Crippen LogP contribution in [-0.2, 0) is 35.1 Å². The average Bonchev–Trinajstić information content (AvgIpc) is 3.55. The van der Waals surface area contributed by atoms with Crippen LogP contribution in [0.2, 0.25) is 18.1 Å². The van der Waals surface area contributed by atoms with Gasteiger partial charge in [-0.15, -0.1) is 0 Å². The molecule has 2 fully saturated rings. The molecule has 0 unspecified atom stereocenters. The molecule has 2 aromatic rings. The van der Waals surface area contributed by atoms with E-state index in [4.69, 9.17) is 18.6 Å². The Hall–Kier alpha value is -1.55. The van der Waals surface area contributed by atoms with Crippen LogP contribution in [0.5, 0.6) is 0 Å². The molecule has 0 amide bonds. The molecule has 0 spiro atoms. The number of sulfone groups is 1. The number of epoxide rings is 1. The second-order valence-corrected chi connectivity index (χ2v) is 18.8. The van der Waals surface area contributed by atoms with Crippen LogP contribution in [-0.4, -0.2) is 53.2 Å². The first-order valence-electron chi connectivity index (χ1n) is 13.3. The summed E-state index contributed by atoms with van der Waals surface area (Å²) in [6.45, 7) is 14.2. The van der Waals surface area contributed by atoms with Gasteiger partial charge in [0.2, 0.25) is 14.8 Å². The van der Waals surface area contributed by atoms with Crippen LogP contribution in [0.25, 0.3) is 0 Å². The Morgan fingerprint density at radius 2 is 1.73 bits per heavy atom. The maximum Gasteiger partial charge on any atom is 0.210 e. The molecule has 6 nitrogen and oxygen atoms in total. The van der Waals surface area contributed by atoms with Crippen LogP contribution in [0.15, 0.2) is 59.5 Å². The third kappa shape index (κ3) is 6.21. The van der Waals surface area contributed by atoms with E-state index in [0.29, 0.717) is 13.2 Å². The second kappa shape index (κ2) is 10.9. The van der Waals surface area contributed by atoms with Crippen molar-refractivity contribution in [2.45, 2.75) is 99.8 Å². The van der Waals surface area contributed by atoms with E-state index in [-0.39, 0.29) is 35.2 Å². The topological polar surface area (TPSA) is 74.4 Å². The van der Waals surface area contributed by atoms with Gasteiger partial charge in [0.05, 0.1) is 30.3 Å². The van der Waals surface area contributed by atoms with Crippen LogP contribution < -0.4 is 0 Å². The highest BCUT2D eigenvalue weighted by Crippen LogP contribution is 2.50. The van der Waals surface area contributed by atoms with E-state index in [0.717, 1.165) is 24.0 Å². The molecule has 2 aromatic carbocycles. The molecule has 0 N–H and O–H groups in total. The minimum atomic E-state index is -3.81. The third-order valence-electron chi connectivity index (χ3n) is 8.06. The van der Waals surface area contributed by atoms with Gasteiger partial charge < -0.3 is 18.6 Å². The summed E-state index contributed by atoms with van der Waals surface area (Å²) in [7, 11) is -5.89. The number of rotatable bonds is 10. The summed E-state index contributed by atoms with van der Waals surface area (Å²) in [5.41, 5.74) is 2.04. The van der Waals surface area contributed by atoms with Gasteiger partial charge in [0.15, 0.2) is 8.32 Å². The zero-order chi connectivity index (χ0) is 26.9. The zero-order valence-corrected chi connectivity index (χ0v) is 24.8. The average molecular weight is 547 g/mol. The molecule has 0 aliphatic carbocycles. The van der Waals surface area contributed by atoms with Gasteiger partial charge in [-0.2, -0.15) is 0 Å². The Morgan fingerprint density at radius 3 is 2.38 bits per heavy atom. The summed E-state index contributed by atoms with van der Waals surface area (Å²) < 4.78 is 53.1. The van der Waals surface area contributed by atoms with E-state index < -0.39 is 29.2 Å². The fourth-order valence-corrected chi connectivity index (χ4v) is 7.96. The Balaban J connectivity index is 1.56. The van der Waals surface area contributed by atoms with E-state index in [9.17, 15) is 8.42 Å². The predicted octanol–water partition coefficient (Wildman–Crippen LogP) is 6.04. The summed E-state index contributed by atoms with van der Waals surface area (Å²) in [5, 5.41) is 0.0462. The van der Waals surface area contributed by atoms with E-state index in [1.54, 1.807) is 12.1 Å². The van der Waals surface area contributed by atoms with Gasteiger partial charge in [0, 0.05) is 13.0 Å². The number of hydrogen-bond donors (Lipinski definition) is 0. The normalized spacial score (nSPS) is 26.7. The molecule has 4 atom stereocenters. The summed E-state index contributed by atoms with van der Waals surface area (Å²) in [6, 6.07) is 16.8. The molecule has 0 bridgehead atoms. The lowest BCUT2D eigenvalue weighted by Gasteiger charge is -2.43. The van der Waals surface area contributed by atoms with Crippen molar-refractivity contribution in [3.8, 4) is 0 Å². The lowest BCUT2D eigenvalue weighted by Crippen LogP contribution is -2.50. The van der Waals surface area contributed by atoms with Crippen molar-refractivity contribution < 1.29 is 27.1 Å². The monoisotopic (exact) mass is 546 g/mol. The first-order valence-corrected chi connectivity index (χ1v) is 17.7. The Morgan fingerprint density at radius 1 is 1.05 bits per heavy atom. The quantitative estimate of drug-likeness (QED) is 0.267. The maximum atomic E-state index is 14.0. The third-order valence-corrected chi connectivity index (χ3v) is 14.9. The van der Waals surface area contributed by atoms with Crippen molar-refractivity contribution >= 4 is 18.2 Å². The molecule has 2 heterocycles. The number of benzene rings is 2. The van der Waals surface area contributed by atoms with Crippen molar-refractivity contribution in [2.24, 2.45) is 0 Å². The molecule has 0 aromatic heterocycles. The van der Waals surface area contributed by atoms with Gasteiger partial charge in [0.25, 0.3) is 0 Å². The van der Waals surface area contributed by atoms with Crippen molar-refractivity contribution in [2.75, 3.05) is 13.2 Å². The minimum Gasteiger partial charge on any atom is -0.411 e. The first kappa shape index (κ1) is 28.5. The Bertz CT molecular complexity index is 1140. The number of ether oxygens (including phenoxy) is 3. The van der Waals surface area contributed by atoms with Crippen molar-refractivity contribution in [3.63, 3.8) is 0 Å². The molecule has 37 heavy (non-hydrogen) atoms. The first-order chi connectivity index (χ1) is 17.4. The molecule has 2 aliphatic heterocycles. The van der Waals surface area contributed by atoms with Gasteiger partial charge in [0.1, 0.15) is 6.10 Å². The van der Waals surface area contributed by atoms with E-state index in [1.807, 2.05) is 49.4 Å². The second-order valence-electron chi connectivity index (χ2n) is 11.9. The molecule has 2 aliphatic rings. The van der Waals surface area contributed by atoms with Crippen molar-refractivity contribution in [1.29, 1.82) is 0 Å². The van der Waals surface area contributed by atoms with E-state index in [1.165, 1.54) is 0 Å². The summed E-state index contributed by atoms with van der Waals surface area (Å²) in [5.74, 6) is 0. The van der Waals surface area contributed by atoms with Gasteiger partial charge in [-0.1, -0.05) is 68.8 Å². The molecule has 204 valence electrons. The van der Waals surface area contributed by atoms with E-state index >= 15 is 0 Å². The minimum absolute atomic E-state index is 0.0462. The van der Waals surface area contributed by atoms with Gasteiger partial charge in [-0.05, 0) is 55.6 Å². The van der Waals surface area contributed by atoms with Gasteiger partial charge in [-0.3, -0.25) is 0 Å². The molecular formula is C29H42O6SSi. The Labute approximate surface area is 223 Å². The van der Waals surface area contributed by atoms with E-state index in [2.05, 4.69) is 33.9 Å². The molecule has 0 radical (unpaired) electrons. The Kier molecular flexibility index (Phi) is 8.39. The summed E-state index contributed by atoms with van der Waals surface area (Å²) in [6.07, 6.45) is 0.894.